The third-order valence-corrected chi connectivity index (χ3v) is 3.83. The molecule has 0 amide bonds. The molecule has 1 rings (SSSR count). The summed E-state index contributed by atoms with van der Waals surface area (Å²) in [7, 11) is 0. The summed E-state index contributed by atoms with van der Waals surface area (Å²) in [6.07, 6.45) is 1.90. The molecule has 0 saturated carbocycles. The van der Waals surface area contributed by atoms with Gasteiger partial charge in [-0.3, -0.25) is 0 Å². The highest BCUT2D eigenvalue weighted by Gasteiger charge is 2.15. The van der Waals surface area contributed by atoms with Crippen molar-refractivity contribution in [3.8, 4) is 0 Å². The summed E-state index contributed by atoms with van der Waals surface area (Å²) in [4.78, 5) is 0. The lowest BCUT2D eigenvalue weighted by molar-refractivity contribution is 0.275. The first-order chi connectivity index (χ1) is 8.08. The number of rotatable bonds is 6. The van der Waals surface area contributed by atoms with Gasteiger partial charge < -0.3 is 10.4 Å². The van der Waals surface area contributed by atoms with Crippen LogP contribution in [0.15, 0.2) is 18.2 Å². The van der Waals surface area contributed by atoms with Crippen molar-refractivity contribution in [1.82, 2.24) is 5.32 Å². The number of aliphatic hydroxyl groups is 1. The molecule has 0 spiro atoms. The average molecular weight is 261 g/mol. The van der Waals surface area contributed by atoms with Crippen LogP contribution in [0.2, 0.25) is 0 Å². The lowest BCUT2D eigenvalue weighted by Gasteiger charge is -2.21. The highest BCUT2D eigenvalue weighted by atomic mass is 32.2. The van der Waals surface area contributed by atoms with Crippen LogP contribution in [0.5, 0.6) is 0 Å². The largest absolute Gasteiger partial charge is 0.395 e. The van der Waals surface area contributed by atoms with Crippen molar-refractivity contribution in [2.75, 3.05) is 12.9 Å². The molecule has 0 aliphatic rings. The molecule has 1 aromatic rings. The quantitative estimate of drug-likeness (QED) is 0.823. The van der Waals surface area contributed by atoms with Crippen LogP contribution in [-0.2, 0) is 6.54 Å². The van der Waals surface area contributed by atoms with Gasteiger partial charge in [0.25, 0.3) is 0 Å². The van der Waals surface area contributed by atoms with E-state index in [9.17, 15) is 8.78 Å². The van der Waals surface area contributed by atoms with Crippen molar-refractivity contribution >= 4 is 11.8 Å². The number of aliphatic hydroxyl groups excluding tert-OH is 1. The van der Waals surface area contributed by atoms with Crippen LogP contribution in [0, 0.1) is 11.6 Å². The van der Waals surface area contributed by atoms with Gasteiger partial charge in [-0.1, -0.05) is 0 Å². The van der Waals surface area contributed by atoms with Crippen LogP contribution in [-0.4, -0.2) is 29.3 Å². The summed E-state index contributed by atoms with van der Waals surface area (Å²) in [5.74, 6) is -0.866. The molecule has 0 fully saturated rings. The molecule has 2 nitrogen and oxygen atoms in total. The summed E-state index contributed by atoms with van der Waals surface area (Å²) in [6.45, 7) is 2.22. The average Bonchev–Trinajstić information content (AvgIpc) is 2.32. The molecule has 5 heteroatoms. The highest BCUT2D eigenvalue weighted by Crippen LogP contribution is 2.13. The Hall–Kier alpha value is -0.650. The topological polar surface area (TPSA) is 32.3 Å². The van der Waals surface area contributed by atoms with Crippen LogP contribution < -0.4 is 5.32 Å². The zero-order valence-corrected chi connectivity index (χ0v) is 10.7. The maximum Gasteiger partial charge on any atom is 0.127 e. The smallest absolute Gasteiger partial charge is 0.127 e. The van der Waals surface area contributed by atoms with E-state index in [4.69, 9.17) is 5.11 Å². The van der Waals surface area contributed by atoms with Crippen LogP contribution >= 0.6 is 11.8 Å². The molecule has 96 valence electrons. The van der Waals surface area contributed by atoms with Gasteiger partial charge in [0.05, 0.1) is 6.61 Å². The van der Waals surface area contributed by atoms with Crippen molar-refractivity contribution in [3.05, 3.63) is 35.4 Å². The van der Waals surface area contributed by atoms with E-state index < -0.39 is 11.6 Å². The summed E-state index contributed by atoms with van der Waals surface area (Å²) >= 11 is 1.54. The second-order valence-electron chi connectivity index (χ2n) is 3.86. The molecule has 2 N–H and O–H groups in total. The van der Waals surface area contributed by atoms with E-state index in [0.717, 1.165) is 12.1 Å². The first-order valence-electron chi connectivity index (χ1n) is 5.39. The van der Waals surface area contributed by atoms with E-state index in [1.165, 1.54) is 6.07 Å². The maximum atomic E-state index is 13.3. The molecular formula is C12H17F2NOS. The standard InChI is InChI=1S/C12H17F2NOS/c1-8(12(7-16)17-2)15-6-9-5-10(13)3-4-11(9)14/h3-5,8,12,15-16H,6-7H2,1-2H3. The second kappa shape index (κ2) is 6.93. The van der Waals surface area contributed by atoms with Crippen molar-refractivity contribution in [1.29, 1.82) is 0 Å². The fourth-order valence-electron chi connectivity index (χ4n) is 1.52. The molecule has 2 unspecified atom stereocenters. The van der Waals surface area contributed by atoms with Gasteiger partial charge in [0.1, 0.15) is 11.6 Å². The van der Waals surface area contributed by atoms with E-state index in [1.807, 2.05) is 13.2 Å². The molecule has 2 atom stereocenters. The van der Waals surface area contributed by atoms with Gasteiger partial charge in [0, 0.05) is 23.4 Å². The van der Waals surface area contributed by atoms with E-state index >= 15 is 0 Å². The van der Waals surface area contributed by atoms with E-state index in [0.29, 0.717) is 5.56 Å². The normalized spacial score (nSPS) is 14.6. The number of thioether (sulfide) groups is 1. The predicted octanol–water partition coefficient (Wildman–Crippen LogP) is 2.17. The van der Waals surface area contributed by atoms with Crippen LogP contribution in [0.25, 0.3) is 0 Å². The van der Waals surface area contributed by atoms with Crippen molar-refractivity contribution in [2.24, 2.45) is 0 Å². The SMILES string of the molecule is CSC(CO)C(C)NCc1cc(F)ccc1F. The van der Waals surface area contributed by atoms with Gasteiger partial charge in [0.15, 0.2) is 0 Å². The van der Waals surface area contributed by atoms with Crippen molar-refractivity contribution in [2.45, 2.75) is 24.8 Å². The Bertz CT molecular complexity index is 358. The van der Waals surface area contributed by atoms with Crippen LogP contribution in [0.4, 0.5) is 8.78 Å². The van der Waals surface area contributed by atoms with Gasteiger partial charge >= 0.3 is 0 Å². The minimum atomic E-state index is -0.445. The minimum absolute atomic E-state index is 0.0256. The van der Waals surface area contributed by atoms with Gasteiger partial charge in [0.2, 0.25) is 0 Å². The summed E-state index contributed by atoms with van der Waals surface area (Å²) in [5, 5.41) is 12.2. The second-order valence-corrected chi connectivity index (χ2v) is 4.94. The van der Waals surface area contributed by atoms with E-state index in [-0.39, 0.29) is 24.4 Å². The van der Waals surface area contributed by atoms with E-state index in [2.05, 4.69) is 5.32 Å². The Labute approximate surface area is 104 Å². The first-order valence-corrected chi connectivity index (χ1v) is 6.68. The fourth-order valence-corrected chi connectivity index (χ4v) is 2.17. The Balaban J connectivity index is 2.57. The number of benzene rings is 1. The van der Waals surface area contributed by atoms with Crippen LogP contribution in [0.1, 0.15) is 12.5 Å². The zero-order valence-electron chi connectivity index (χ0n) is 9.91. The summed E-state index contributed by atoms with van der Waals surface area (Å²) in [6, 6.07) is 3.43. The minimum Gasteiger partial charge on any atom is -0.395 e. The fraction of sp³-hybridized carbons (Fsp3) is 0.500. The highest BCUT2D eigenvalue weighted by molar-refractivity contribution is 7.99. The predicted molar refractivity (Wildman–Crippen MR) is 67.0 cm³/mol. The van der Waals surface area contributed by atoms with E-state index in [1.54, 1.807) is 11.8 Å². The molecule has 0 heterocycles. The molecule has 1 aromatic carbocycles. The molecule has 0 aliphatic heterocycles. The van der Waals surface area contributed by atoms with Gasteiger partial charge in [-0.25, -0.2) is 8.78 Å². The summed E-state index contributed by atoms with van der Waals surface area (Å²) in [5.41, 5.74) is 0.301. The number of halogens is 2. The lowest BCUT2D eigenvalue weighted by Crippen LogP contribution is -2.37. The van der Waals surface area contributed by atoms with Gasteiger partial charge in [-0.2, -0.15) is 11.8 Å². The molecule has 0 aromatic heterocycles. The third kappa shape index (κ3) is 4.26. The Kier molecular flexibility index (Phi) is 5.88. The molecule has 0 saturated heterocycles. The number of hydrogen-bond acceptors (Lipinski definition) is 3. The molecule has 0 radical (unpaired) electrons. The maximum absolute atomic E-state index is 13.3. The molecule has 0 aliphatic carbocycles. The first kappa shape index (κ1) is 14.4. The van der Waals surface area contributed by atoms with Gasteiger partial charge in [-0.15, -0.1) is 0 Å². The Morgan fingerprint density at radius 1 is 1.41 bits per heavy atom. The van der Waals surface area contributed by atoms with Crippen LogP contribution in [0.3, 0.4) is 0 Å². The Morgan fingerprint density at radius 3 is 2.71 bits per heavy atom. The Morgan fingerprint density at radius 2 is 2.12 bits per heavy atom. The molecule has 17 heavy (non-hydrogen) atoms. The summed E-state index contributed by atoms with van der Waals surface area (Å²) < 4.78 is 26.2. The number of hydrogen-bond donors (Lipinski definition) is 2. The van der Waals surface area contributed by atoms with Crippen molar-refractivity contribution in [3.63, 3.8) is 0 Å². The third-order valence-electron chi connectivity index (χ3n) is 2.66. The zero-order chi connectivity index (χ0) is 12.8. The molecular weight excluding hydrogens is 244 g/mol. The van der Waals surface area contributed by atoms with Gasteiger partial charge in [-0.05, 0) is 31.4 Å². The number of nitrogens with one attached hydrogen (secondary N) is 1. The molecule has 0 bridgehead atoms. The van der Waals surface area contributed by atoms with Crippen molar-refractivity contribution < 1.29 is 13.9 Å². The lowest BCUT2D eigenvalue weighted by atomic mass is 10.1. The monoisotopic (exact) mass is 261 g/mol.